The molecule has 0 bridgehead atoms. The molecule has 0 aliphatic carbocycles. The van der Waals surface area contributed by atoms with Crippen LogP contribution < -0.4 is 14.8 Å². The summed E-state index contributed by atoms with van der Waals surface area (Å²) in [6.45, 7) is 5.60. The molecule has 1 amide bonds. The number of nitrogens with zero attached hydrogens (tertiary/aromatic N) is 2. The highest BCUT2D eigenvalue weighted by Gasteiger charge is 2.27. The number of hydrogen-bond acceptors (Lipinski definition) is 5. The molecule has 0 saturated heterocycles. The van der Waals surface area contributed by atoms with Crippen LogP contribution in [0.15, 0.2) is 47.4 Å². The third-order valence-electron chi connectivity index (χ3n) is 4.87. The van der Waals surface area contributed by atoms with Crippen LogP contribution in [0, 0.1) is 6.92 Å². The smallest absolute Gasteiger partial charge is 0.253 e. The van der Waals surface area contributed by atoms with Gasteiger partial charge in [0.2, 0.25) is 10.0 Å². The van der Waals surface area contributed by atoms with Crippen molar-refractivity contribution in [3.05, 3.63) is 53.6 Å². The van der Waals surface area contributed by atoms with Gasteiger partial charge in [0.25, 0.3) is 5.91 Å². The topological polar surface area (TPSA) is 92.9 Å². The minimum Gasteiger partial charge on any atom is -0.485 e. The van der Waals surface area contributed by atoms with Crippen molar-refractivity contribution < 1.29 is 17.9 Å². The normalized spacial score (nSPS) is 16.3. The van der Waals surface area contributed by atoms with Crippen LogP contribution in [0.1, 0.15) is 22.8 Å². The van der Waals surface area contributed by atoms with Crippen molar-refractivity contribution in [1.82, 2.24) is 4.90 Å². The standard InChI is InChI=1S/C20H25N3O4S/c1-4-23-13-16(27-18-8-6-5-7-17(18)23)12-22(3)20(24)15-10-9-14(2)19(11-15)28(21,25)26/h5-11,16H,4,12-13H2,1-3H3,(H2,21,25,26)/t16-/m1/s1. The maximum Gasteiger partial charge on any atom is 0.253 e. The van der Waals surface area contributed by atoms with E-state index < -0.39 is 10.0 Å². The summed E-state index contributed by atoms with van der Waals surface area (Å²) in [6.07, 6.45) is -0.188. The molecular weight excluding hydrogens is 378 g/mol. The Morgan fingerprint density at radius 2 is 2.00 bits per heavy atom. The second-order valence-corrected chi connectivity index (χ2v) is 8.49. The summed E-state index contributed by atoms with van der Waals surface area (Å²) in [5, 5.41) is 5.25. The first-order valence-electron chi connectivity index (χ1n) is 9.10. The molecule has 0 radical (unpaired) electrons. The average Bonchev–Trinajstić information content (AvgIpc) is 2.66. The number of hydrogen-bond donors (Lipinski definition) is 1. The molecule has 1 aliphatic heterocycles. The Morgan fingerprint density at radius 1 is 1.29 bits per heavy atom. The number of benzene rings is 2. The van der Waals surface area contributed by atoms with E-state index in [1.807, 2.05) is 24.3 Å². The molecule has 150 valence electrons. The van der Waals surface area contributed by atoms with Crippen molar-refractivity contribution in [3.8, 4) is 5.75 Å². The number of primary sulfonamides is 1. The fourth-order valence-electron chi connectivity index (χ4n) is 3.42. The number of fused-ring (bicyclic) bond motifs is 1. The van der Waals surface area contributed by atoms with Gasteiger partial charge in [0.15, 0.2) is 0 Å². The number of rotatable bonds is 5. The van der Waals surface area contributed by atoms with Crippen LogP contribution in [0.5, 0.6) is 5.75 Å². The zero-order valence-corrected chi connectivity index (χ0v) is 17.1. The number of sulfonamides is 1. The molecule has 1 heterocycles. The molecule has 0 aromatic heterocycles. The molecule has 0 fully saturated rings. The number of amides is 1. The summed E-state index contributed by atoms with van der Waals surface area (Å²) >= 11 is 0. The van der Waals surface area contributed by atoms with Crippen molar-refractivity contribution in [2.45, 2.75) is 24.8 Å². The van der Waals surface area contributed by atoms with Crippen molar-refractivity contribution in [1.29, 1.82) is 0 Å². The summed E-state index contributed by atoms with van der Waals surface area (Å²) in [5.74, 6) is 0.517. The Kier molecular flexibility index (Phi) is 5.62. The summed E-state index contributed by atoms with van der Waals surface area (Å²) in [7, 11) is -2.21. The van der Waals surface area contributed by atoms with E-state index >= 15 is 0 Å². The molecule has 2 aromatic rings. The molecule has 28 heavy (non-hydrogen) atoms. The maximum absolute atomic E-state index is 12.8. The third kappa shape index (κ3) is 4.13. The first-order valence-corrected chi connectivity index (χ1v) is 10.6. The van der Waals surface area contributed by atoms with Gasteiger partial charge in [-0.1, -0.05) is 18.2 Å². The predicted molar refractivity (Wildman–Crippen MR) is 108 cm³/mol. The van der Waals surface area contributed by atoms with E-state index in [2.05, 4.69) is 11.8 Å². The predicted octanol–water partition coefficient (Wildman–Crippen LogP) is 2.00. The monoisotopic (exact) mass is 403 g/mol. The Labute approximate surface area is 165 Å². The van der Waals surface area contributed by atoms with E-state index in [4.69, 9.17) is 9.88 Å². The van der Waals surface area contributed by atoms with E-state index in [0.29, 0.717) is 18.7 Å². The second-order valence-electron chi connectivity index (χ2n) is 6.96. The van der Waals surface area contributed by atoms with E-state index in [9.17, 15) is 13.2 Å². The zero-order chi connectivity index (χ0) is 20.5. The van der Waals surface area contributed by atoms with Crippen LogP contribution in [-0.4, -0.2) is 52.0 Å². The summed E-state index contributed by atoms with van der Waals surface area (Å²) in [5.41, 5.74) is 1.83. The largest absolute Gasteiger partial charge is 0.485 e. The van der Waals surface area contributed by atoms with Crippen LogP contribution in [-0.2, 0) is 10.0 Å². The quantitative estimate of drug-likeness (QED) is 0.824. The highest BCUT2D eigenvalue weighted by atomic mass is 32.2. The molecule has 1 aliphatic rings. The Hall–Kier alpha value is -2.58. The summed E-state index contributed by atoms with van der Waals surface area (Å²) in [4.78, 5) is 16.6. The minimum atomic E-state index is -3.89. The van der Waals surface area contributed by atoms with Crippen LogP contribution in [0.2, 0.25) is 0 Å². The van der Waals surface area contributed by atoms with Gasteiger partial charge in [-0.05, 0) is 43.7 Å². The molecule has 0 spiro atoms. The van der Waals surface area contributed by atoms with Gasteiger partial charge in [-0.25, -0.2) is 13.6 Å². The number of ether oxygens (including phenoxy) is 1. The average molecular weight is 404 g/mol. The lowest BCUT2D eigenvalue weighted by molar-refractivity contribution is 0.0709. The third-order valence-corrected chi connectivity index (χ3v) is 5.92. The molecule has 8 heteroatoms. The van der Waals surface area contributed by atoms with E-state index in [1.165, 1.54) is 6.07 Å². The lowest BCUT2D eigenvalue weighted by atomic mass is 10.1. The Bertz CT molecular complexity index is 991. The first-order chi connectivity index (χ1) is 13.2. The number of anilines is 1. The van der Waals surface area contributed by atoms with Crippen LogP contribution >= 0.6 is 0 Å². The van der Waals surface area contributed by atoms with Crippen molar-refractivity contribution in [3.63, 3.8) is 0 Å². The molecular formula is C20H25N3O4S. The van der Waals surface area contributed by atoms with Crippen molar-refractivity contribution in [2.75, 3.05) is 31.6 Å². The lowest BCUT2D eigenvalue weighted by Gasteiger charge is -2.37. The number of carbonyl (C=O) groups is 1. The fourth-order valence-corrected chi connectivity index (χ4v) is 4.23. The van der Waals surface area contributed by atoms with E-state index in [-0.39, 0.29) is 22.5 Å². The maximum atomic E-state index is 12.8. The van der Waals surface area contributed by atoms with Gasteiger partial charge in [-0.15, -0.1) is 0 Å². The Morgan fingerprint density at radius 3 is 2.68 bits per heavy atom. The highest BCUT2D eigenvalue weighted by molar-refractivity contribution is 7.89. The van der Waals surface area contributed by atoms with Gasteiger partial charge < -0.3 is 14.5 Å². The molecule has 2 aromatic carbocycles. The highest BCUT2D eigenvalue weighted by Crippen LogP contribution is 2.33. The molecule has 0 saturated carbocycles. The first kappa shape index (κ1) is 20.2. The van der Waals surface area contributed by atoms with Crippen LogP contribution in [0.25, 0.3) is 0 Å². The van der Waals surface area contributed by atoms with Crippen molar-refractivity contribution in [2.24, 2.45) is 5.14 Å². The van der Waals surface area contributed by atoms with E-state index in [0.717, 1.165) is 18.0 Å². The fraction of sp³-hybridized carbons (Fsp3) is 0.350. The molecule has 3 rings (SSSR count). The van der Waals surface area contributed by atoms with Gasteiger partial charge >= 0.3 is 0 Å². The number of likely N-dealkylation sites (N-methyl/N-ethyl adjacent to an activating group) is 2. The Balaban J connectivity index is 1.77. The molecule has 1 atom stereocenters. The number of carbonyl (C=O) groups excluding carboxylic acids is 1. The SMILES string of the molecule is CCN1C[C@@H](CN(C)C(=O)c2ccc(C)c(S(N)(=O)=O)c2)Oc2ccccc21. The zero-order valence-electron chi connectivity index (χ0n) is 16.3. The lowest BCUT2D eigenvalue weighted by Crippen LogP contribution is -2.46. The number of aryl methyl sites for hydroxylation is 1. The van der Waals surface area contributed by atoms with Gasteiger partial charge in [-0.2, -0.15) is 0 Å². The van der Waals surface area contributed by atoms with Gasteiger partial charge in [0, 0.05) is 19.2 Å². The van der Waals surface area contributed by atoms with Crippen molar-refractivity contribution >= 4 is 21.6 Å². The summed E-state index contributed by atoms with van der Waals surface area (Å²) in [6, 6.07) is 12.4. The summed E-state index contributed by atoms with van der Waals surface area (Å²) < 4.78 is 29.5. The van der Waals surface area contributed by atoms with Gasteiger partial charge in [-0.3, -0.25) is 4.79 Å². The minimum absolute atomic E-state index is 0.0354. The molecule has 7 nitrogen and oxygen atoms in total. The molecule has 2 N–H and O–H groups in total. The number of nitrogens with two attached hydrogens (primary N) is 1. The number of para-hydroxylation sites is 2. The van der Waals surface area contributed by atoms with Crippen LogP contribution in [0.4, 0.5) is 5.69 Å². The second kappa shape index (κ2) is 7.81. The van der Waals surface area contributed by atoms with E-state index in [1.54, 1.807) is 31.0 Å². The van der Waals surface area contributed by atoms with Gasteiger partial charge in [0.1, 0.15) is 11.9 Å². The van der Waals surface area contributed by atoms with Crippen LogP contribution in [0.3, 0.4) is 0 Å². The van der Waals surface area contributed by atoms with Gasteiger partial charge in [0.05, 0.1) is 23.7 Å². The molecule has 0 unspecified atom stereocenters.